The molecule has 2 atom stereocenters. The summed E-state index contributed by atoms with van der Waals surface area (Å²) in [6, 6.07) is 2.56. The van der Waals surface area contributed by atoms with Crippen LogP contribution in [-0.2, 0) is 13.5 Å². The van der Waals surface area contributed by atoms with Gasteiger partial charge in [0.1, 0.15) is 0 Å². The van der Waals surface area contributed by atoms with Crippen molar-refractivity contribution in [1.29, 1.82) is 0 Å². The Bertz CT molecular complexity index is 572. The standard InChI is InChI=1S/C14H19BrN4S/c1-3-16-12(13-14(15)17-18-19(13)2)10-5-4-6-11-9(10)7-8-20-11/h7-8,10,12,16H,3-6H2,1-2H3. The fourth-order valence-electron chi connectivity index (χ4n) is 3.19. The number of nitrogens with zero attached hydrogens (tertiary/aromatic N) is 3. The lowest BCUT2D eigenvalue weighted by Crippen LogP contribution is -2.30. The highest BCUT2D eigenvalue weighted by atomic mass is 79.9. The highest BCUT2D eigenvalue weighted by molar-refractivity contribution is 9.10. The average molecular weight is 355 g/mol. The molecule has 2 heterocycles. The van der Waals surface area contributed by atoms with Gasteiger partial charge in [-0.25, -0.2) is 4.68 Å². The molecule has 1 N–H and O–H groups in total. The van der Waals surface area contributed by atoms with E-state index in [1.165, 1.54) is 24.8 Å². The zero-order valence-corrected chi connectivity index (χ0v) is 14.2. The molecule has 2 aromatic heterocycles. The second kappa shape index (κ2) is 5.95. The fourth-order valence-corrected chi connectivity index (χ4v) is 4.76. The Labute approximate surface area is 131 Å². The van der Waals surface area contributed by atoms with Crippen molar-refractivity contribution in [2.45, 2.75) is 38.1 Å². The van der Waals surface area contributed by atoms with Gasteiger partial charge in [0.25, 0.3) is 0 Å². The molecule has 1 aliphatic carbocycles. The molecule has 0 radical (unpaired) electrons. The van der Waals surface area contributed by atoms with Crippen molar-refractivity contribution in [1.82, 2.24) is 20.3 Å². The first kappa shape index (κ1) is 14.2. The zero-order chi connectivity index (χ0) is 14.1. The maximum absolute atomic E-state index is 4.15. The van der Waals surface area contributed by atoms with E-state index in [-0.39, 0.29) is 6.04 Å². The second-order valence-electron chi connectivity index (χ2n) is 5.22. The van der Waals surface area contributed by atoms with Crippen LogP contribution < -0.4 is 5.32 Å². The van der Waals surface area contributed by atoms with Gasteiger partial charge in [-0.05, 0) is 58.7 Å². The summed E-state index contributed by atoms with van der Waals surface area (Å²) < 4.78 is 2.74. The van der Waals surface area contributed by atoms with E-state index < -0.39 is 0 Å². The quantitative estimate of drug-likeness (QED) is 0.914. The summed E-state index contributed by atoms with van der Waals surface area (Å²) in [6.45, 7) is 3.10. The van der Waals surface area contributed by atoms with Gasteiger partial charge in [0.05, 0.1) is 11.7 Å². The largest absolute Gasteiger partial charge is 0.308 e. The van der Waals surface area contributed by atoms with Crippen LogP contribution in [0, 0.1) is 0 Å². The summed E-state index contributed by atoms with van der Waals surface area (Å²) in [5.41, 5.74) is 2.66. The maximum atomic E-state index is 4.15. The molecule has 1 aliphatic rings. The summed E-state index contributed by atoms with van der Waals surface area (Å²) in [7, 11) is 1.97. The van der Waals surface area contributed by atoms with E-state index in [0.29, 0.717) is 5.92 Å². The van der Waals surface area contributed by atoms with Gasteiger partial charge < -0.3 is 5.32 Å². The predicted molar refractivity (Wildman–Crippen MR) is 85.1 cm³/mol. The molecule has 0 aromatic carbocycles. The SMILES string of the molecule is CCNC(c1c(Br)nnn1C)C1CCCc2sccc21. The normalized spacial score (nSPS) is 19.9. The summed E-state index contributed by atoms with van der Waals surface area (Å²) >= 11 is 5.45. The first-order valence-electron chi connectivity index (χ1n) is 7.07. The zero-order valence-electron chi connectivity index (χ0n) is 11.8. The number of aromatic nitrogens is 3. The Hall–Kier alpha value is -0.720. The minimum Gasteiger partial charge on any atom is -0.308 e. The van der Waals surface area contributed by atoms with Crippen LogP contribution in [0.25, 0.3) is 0 Å². The third-order valence-electron chi connectivity index (χ3n) is 4.05. The summed E-state index contributed by atoms with van der Waals surface area (Å²) in [4.78, 5) is 1.55. The third-order valence-corrected chi connectivity index (χ3v) is 5.61. The number of hydrogen-bond acceptors (Lipinski definition) is 4. The monoisotopic (exact) mass is 354 g/mol. The van der Waals surface area contributed by atoms with E-state index in [4.69, 9.17) is 0 Å². The van der Waals surface area contributed by atoms with Crippen molar-refractivity contribution in [2.75, 3.05) is 6.54 Å². The van der Waals surface area contributed by atoms with Gasteiger partial charge in [-0.1, -0.05) is 12.1 Å². The highest BCUT2D eigenvalue weighted by Gasteiger charge is 2.32. The highest BCUT2D eigenvalue weighted by Crippen LogP contribution is 2.43. The van der Waals surface area contributed by atoms with Gasteiger partial charge in [0, 0.05) is 17.8 Å². The van der Waals surface area contributed by atoms with Crippen LogP contribution >= 0.6 is 27.3 Å². The molecule has 2 aromatic rings. The fraction of sp³-hybridized carbons (Fsp3) is 0.571. The van der Waals surface area contributed by atoms with E-state index >= 15 is 0 Å². The molecule has 4 nitrogen and oxygen atoms in total. The Balaban J connectivity index is 2.01. The van der Waals surface area contributed by atoms with Crippen LogP contribution in [0.15, 0.2) is 16.0 Å². The van der Waals surface area contributed by atoms with Gasteiger partial charge in [0.2, 0.25) is 0 Å². The summed E-state index contributed by atoms with van der Waals surface area (Å²) in [6.07, 6.45) is 3.72. The van der Waals surface area contributed by atoms with Gasteiger partial charge in [0.15, 0.2) is 4.60 Å². The van der Waals surface area contributed by atoms with Gasteiger partial charge >= 0.3 is 0 Å². The Morgan fingerprint density at radius 1 is 1.60 bits per heavy atom. The number of rotatable bonds is 4. The molecule has 0 amide bonds. The number of thiophene rings is 1. The third kappa shape index (κ3) is 2.44. The lowest BCUT2D eigenvalue weighted by atomic mass is 9.81. The van der Waals surface area contributed by atoms with E-state index in [0.717, 1.165) is 16.8 Å². The molecule has 108 valence electrons. The Kier molecular flexibility index (Phi) is 4.23. The molecule has 0 bridgehead atoms. The number of hydrogen-bond donors (Lipinski definition) is 1. The van der Waals surface area contributed by atoms with Crippen molar-refractivity contribution >= 4 is 27.3 Å². The molecular weight excluding hydrogens is 336 g/mol. The molecule has 0 aliphatic heterocycles. The topological polar surface area (TPSA) is 42.7 Å². The number of fused-ring (bicyclic) bond motifs is 1. The first-order valence-corrected chi connectivity index (χ1v) is 8.74. The van der Waals surface area contributed by atoms with E-state index in [2.05, 4.69) is 49.9 Å². The summed E-state index contributed by atoms with van der Waals surface area (Å²) in [5.74, 6) is 0.512. The van der Waals surface area contributed by atoms with Gasteiger partial charge in [-0.15, -0.1) is 16.4 Å². The molecule has 0 fully saturated rings. The predicted octanol–water partition coefficient (Wildman–Crippen LogP) is 3.41. The average Bonchev–Trinajstić information content (AvgIpc) is 3.04. The van der Waals surface area contributed by atoms with Crippen molar-refractivity contribution in [3.05, 3.63) is 32.2 Å². The molecule has 3 rings (SSSR count). The maximum Gasteiger partial charge on any atom is 0.153 e. The smallest absolute Gasteiger partial charge is 0.153 e. The lowest BCUT2D eigenvalue weighted by Gasteiger charge is -2.31. The minimum atomic E-state index is 0.267. The second-order valence-corrected chi connectivity index (χ2v) is 6.97. The van der Waals surface area contributed by atoms with Gasteiger partial charge in [-0.3, -0.25) is 0 Å². The van der Waals surface area contributed by atoms with Crippen LogP contribution in [0.4, 0.5) is 0 Å². The Morgan fingerprint density at radius 2 is 2.45 bits per heavy atom. The van der Waals surface area contributed by atoms with Crippen LogP contribution in [0.2, 0.25) is 0 Å². The number of nitrogens with one attached hydrogen (secondary N) is 1. The molecule has 0 saturated heterocycles. The summed E-state index contributed by atoms with van der Waals surface area (Å²) in [5, 5.41) is 14.2. The van der Waals surface area contributed by atoms with E-state index in [1.807, 2.05) is 23.1 Å². The van der Waals surface area contributed by atoms with Crippen molar-refractivity contribution < 1.29 is 0 Å². The molecule has 0 spiro atoms. The molecule has 2 unspecified atom stereocenters. The molecule has 0 saturated carbocycles. The van der Waals surface area contributed by atoms with E-state index in [1.54, 1.807) is 4.88 Å². The van der Waals surface area contributed by atoms with Crippen LogP contribution in [0.1, 0.15) is 47.9 Å². The number of likely N-dealkylation sites (N-methyl/N-ethyl adjacent to an activating group) is 1. The van der Waals surface area contributed by atoms with Gasteiger partial charge in [-0.2, -0.15) is 0 Å². The van der Waals surface area contributed by atoms with E-state index in [9.17, 15) is 0 Å². The first-order chi connectivity index (χ1) is 9.72. The van der Waals surface area contributed by atoms with Crippen LogP contribution in [0.3, 0.4) is 0 Å². The van der Waals surface area contributed by atoms with Crippen molar-refractivity contribution in [2.24, 2.45) is 7.05 Å². The molecular formula is C14H19BrN4S. The van der Waals surface area contributed by atoms with Crippen molar-refractivity contribution in [3.8, 4) is 0 Å². The number of halogens is 1. The molecule has 20 heavy (non-hydrogen) atoms. The Morgan fingerprint density at radius 3 is 3.15 bits per heavy atom. The lowest BCUT2D eigenvalue weighted by molar-refractivity contribution is 0.391. The molecule has 6 heteroatoms. The van der Waals surface area contributed by atoms with Crippen LogP contribution in [-0.4, -0.2) is 21.5 Å². The van der Waals surface area contributed by atoms with Crippen molar-refractivity contribution in [3.63, 3.8) is 0 Å². The number of aryl methyl sites for hydroxylation is 2. The minimum absolute atomic E-state index is 0.267. The van der Waals surface area contributed by atoms with Crippen LogP contribution in [0.5, 0.6) is 0 Å².